The molecule has 2 aliphatic rings. The van der Waals surface area contributed by atoms with Gasteiger partial charge < -0.3 is 20.4 Å². The van der Waals surface area contributed by atoms with E-state index in [1.807, 2.05) is 0 Å². The first kappa shape index (κ1) is 13.6. The normalized spacial score (nSPS) is 31.3. The zero-order valence-corrected chi connectivity index (χ0v) is 10.6. The van der Waals surface area contributed by atoms with Crippen LogP contribution >= 0.6 is 0 Å². The summed E-state index contributed by atoms with van der Waals surface area (Å²) in [5, 5.41) is 21.3. The van der Waals surface area contributed by atoms with E-state index in [0.29, 0.717) is 13.0 Å². The molecular formula is C11H17N3O5. The Balaban J connectivity index is 2.11. The van der Waals surface area contributed by atoms with Crippen LogP contribution in [0.5, 0.6) is 0 Å². The van der Waals surface area contributed by atoms with Crippen molar-refractivity contribution in [2.24, 2.45) is 0 Å². The Morgan fingerprint density at radius 2 is 2.16 bits per heavy atom. The molecule has 0 aromatic rings. The number of hydrogen-bond donors (Lipinski definition) is 3. The molecule has 2 heterocycles. The molecule has 19 heavy (non-hydrogen) atoms. The quantitative estimate of drug-likeness (QED) is 0.534. The molecule has 2 unspecified atom stereocenters. The zero-order chi connectivity index (χ0) is 14.2. The lowest BCUT2D eigenvalue weighted by atomic mass is 10.1. The molecule has 3 amide bonds. The average Bonchev–Trinajstić information content (AvgIpc) is 2.68. The molecule has 0 saturated carbocycles. The monoisotopic (exact) mass is 271 g/mol. The zero-order valence-electron chi connectivity index (χ0n) is 10.6. The van der Waals surface area contributed by atoms with Crippen molar-refractivity contribution in [3.05, 3.63) is 0 Å². The maximum atomic E-state index is 12.2. The maximum absolute atomic E-state index is 12.2. The van der Waals surface area contributed by atoms with E-state index in [4.69, 9.17) is 5.11 Å². The van der Waals surface area contributed by atoms with Crippen molar-refractivity contribution in [2.75, 3.05) is 26.2 Å². The van der Waals surface area contributed by atoms with E-state index in [1.54, 1.807) is 6.92 Å². The second-order valence-electron chi connectivity index (χ2n) is 5.24. The lowest BCUT2D eigenvalue weighted by Gasteiger charge is -2.35. The van der Waals surface area contributed by atoms with E-state index in [2.05, 4.69) is 5.32 Å². The molecule has 0 spiro atoms. The molecule has 3 N–H and O–H groups in total. The predicted molar refractivity (Wildman–Crippen MR) is 63.3 cm³/mol. The minimum absolute atomic E-state index is 0.0931. The summed E-state index contributed by atoms with van der Waals surface area (Å²) in [7, 11) is 0. The number of nitrogens with zero attached hydrogens (tertiary/aromatic N) is 2. The van der Waals surface area contributed by atoms with Crippen molar-refractivity contribution >= 4 is 17.9 Å². The predicted octanol–water partition coefficient (Wildman–Crippen LogP) is -1.55. The number of carboxylic acids is 1. The summed E-state index contributed by atoms with van der Waals surface area (Å²) in [4.78, 5) is 37.1. The van der Waals surface area contributed by atoms with Crippen molar-refractivity contribution < 1.29 is 24.6 Å². The van der Waals surface area contributed by atoms with Crippen LogP contribution in [-0.4, -0.2) is 75.7 Å². The Bertz CT molecular complexity index is 423. The first-order chi connectivity index (χ1) is 8.80. The van der Waals surface area contributed by atoms with Gasteiger partial charge in [-0.25, -0.2) is 9.59 Å². The molecule has 106 valence electrons. The second kappa shape index (κ2) is 4.69. The van der Waals surface area contributed by atoms with E-state index in [-0.39, 0.29) is 25.5 Å². The van der Waals surface area contributed by atoms with Crippen LogP contribution in [0.3, 0.4) is 0 Å². The number of aliphatic hydroxyl groups is 1. The highest BCUT2D eigenvalue weighted by Crippen LogP contribution is 2.22. The summed E-state index contributed by atoms with van der Waals surface area (Å²) in [6.07, 6.45) is 0.441. The van der Waals surface area contributed by atoms with Gasteiger partial charge in [0.1, 0.15) is 12.6 Å². The molecule has 0 radical (unpaired) electrons. The van der Waals surface area contributed by atoms with Gasteiger partial charge in [0.2, 0.25) is 5.91 Å². The van der Waals surface area contributed by atoms with Crippen molar-refractivity contribution in [3.63, 3.8) is 0 Å². The molecule has 8 nitrogen and oxygen atoms in total. The Morgan fingerprint density at radius 1 is 1.47 bits per heavy atom. The molecule has 8 heteroatoms. The summed E-state index contributed by atoms with van der Waals surface area (Å²) in [5.74, 6) is -1.53. The Hall–Kier alpha value is -1.83. The second-order valence-corrected chi connectivity index (χ2v) is 5.24. The van der Waals surface area contributed by atoms with Crippen LogP contribution in [0.4, 0.5) is 4.79 Å². The van der Waals surface area contributed by atoms with Gasteiger partial charge >= 0.3 is 12.0 Å². The third-order valence-electron chi connectivity index (χ3n) is 3.44. The number of β-amino-alcohol motifs (C(OH)–C–C–N with tert-alkyl or cyclic N) is 1. The SMILES string of the molecule is CC1(O)CCN(C(=O)N2CC(=O)NCC2C(=O)O)C1. The fourth-order valence-electron chi connectivity index (χ4n) is 2.35. The van der Waals surface area contributed by atoms with Gasteiger partial charge in [0.05, 0.1) is 12.1 Å². The van der Waals surface area contributed by atoms with E-state index >= 15 is 0 Å². The summed E-state index contributed by atoms with van der Waals surface area (Å²) < 4.78 is 0. The molecule has 0 bridgehead atoms. The van der Waals surface area contributed by atoms with Crippen LogP contribution in [0, 0.1) is 0 Å². The van der Waals surface area contributed by atoms with Gasteiger partial charge in [0.15, 0.2) is 0 Å². The van der Waals surface area contributed by atoms with Crippen LogP contribution in [0.25, 0.3) is 0 Å². The average molecular weight is 271 g/mol. The number of likely N-dealkylation sites (tertiary alicyclic amines) is 1. The number of piperazine rings is 1. The van der Waals surface area contributed by atoms with E-state index < -0.39 is 23.6 Å². The summed E-state index contributed by atoms with van der Waals surface area (Å²) in [5.41, 5.74) is -0.952. The number of carbonyl (C=O) groups is 3. The number of hydrogen-bond acceptors (Lipinski definition) is 4. The first-order valence-electron chi connectivity index (χ1n) is 6.07. The molecule has 0 aliphatic carbocycles. The van der Waals surface area contributed by atoms with Crippen molar-refractivity contribution in [1.29, 1.82) is 0 Å². The number of carbonyl (C=O) groups excluding carboxylic acids is 2. The standard InChI is InChI=1S/C11H17N3O5/c1-11(19)2-3-13(6-11)10(18)14-5-8(15)12-4-7(14)9(16)17/h7,19H,2-6H2,1H3,(H,12,15)(H,16,17). The third-order valence-corrected chi connectivity index (χ3v) is 3.44. The summed E-state index contributed by atoms with van der Waals surface area (Å²) in [6, 6.07) is -1.57. The number of carboxylic acid groups (broad SMARTS) is 1. The number of nitrogens with one attached hydrogen (secondary N) is 1. The van der Waals surface area contributed by atoms with Crippen LogP contribution in [-0.2, 0) is 9.59 Å². The van der Waals surface area contributed by atoms with Gasteiger partial charge in [-0.15, -0.1) is 0 Å². The molecule has 2 aliphatic heterocycles. The fraction of sp³-hybridized carbons (Fsp3) is 0.727. The Morgan fingerprint density at radius 3 is 2.68 bits per heavy atom. The molecule has 0 aromatic carbocycles. The molecular weight excluding hydrogens is 254 g/mol. The molecule has 2 atom stereocenters. The van der Waals surface area contributed by atoms with Gasteiger partial charge in [-0.3, -0.25) is 9.69 Å². The van der Waals surface area contributed by atoms with Gasteiger partial charge in [-0.2, -0.15) is 0 Å². The number of urea groups is 1. The molecule has 2 fully saturated rings. The van der Waals surface area contributed by atoms with Gasteiger partial charge in [-0.1, -0.05) is 0 Å². The van der Waals surface area contributed by atoms with E-state index in [1.165, 1.54) is 4.90 Å². The highest BCUT2D eigenvalue weighted by atomic mass is 16.4. The highest BCUT2D eigenvalue weighted by molar-refractivity contribution is 5.90. The van der Waals surface area contributed by atoms with Crippen molar-refractivity contribution in [2.45, 2.75) is 25.0 Å². The summed E-state index contributed by atoms with van der Waals surface area (Å²) >= 11 is 0. The summed E-state index contributed by atoms with van der Waals surface area (Å²) in [6.45, 7) is 1.77. The Kier molecular flexibility index (Phi) is 3.36. The lowest BCUT2D eigenvalue weighted by molar-refractivity contribution is -0.144. The number of amides is 3. The largest absolute Gasteiger partial charge is 0.480 e. The maximum Gasteiger partial charge on any atom is 0.328 e. The van der Waals surface area contributed by atoms with E-state index in [0.717, 1.165) is 4.90 Å². The van der Waals surface area contributed by atoms with Crippen molar-refractivity contribution in [1.82, 2.24) is 15.1 Å². The van der Waals surface area contributed by atoms with Crippen LogP contribution < -0.4 is 5.32 Å². The first-order valence-corrected chi connectivity index (χ1v) is 6.07. The number of rotatable bonds is 1. The smallest absolute Gasteiger partial charge is 0.328 e. The highest BCUT2D eigenvalue weighted by Gasteiger charge is 2.41. The Labute approximate surface area is 110 Å². The minimum Gasteiger partial charge on any atom is -0.480 e. The molecule has 2 saturated heterocycles. The van der Waals surface area contributed by atoms with Crippen LogP contribution in [0.15, 0.2) is 0 Å². The molecule has 0 aromatic heterocycles. The topological polar surface area (TPSA) is 110 Å². The van der Waals surface area contributed by atoms with Crippen LogP contribution in [0.2, 0.25) is 0 Å². The van der Waals surface area contributed by atoms with Gasteiger partial charge in [-0.05, 0) is 13.3 Å². The minimum atomic E-state index is -1.15. The molecule has 2 rings (SSSR count). The van der Waals surface area contributed by atoms with Gasteiger partial charge in [0.25, 0.3) is 0 Å². The lowest BCUT2D eigenvalue weighted by Crippen LogP contribution is -2.61. The third kappa shape index (κ3) is 2.78. The van der Waals surface area contributed by atoms with Crippen LogP contribution in [0.1, 0.15) is 13.3 Å². The van der Waals surface area contributed by atoms with Gasteiger partial charge in [0, 0.05) is 13.1 Å². The fourth-order valence-corrected chi connectivity index (χ4v) is 2.35. The van der Waals surface area contributed by atoms with E-state index in [9.17, 15) is 19.5 Å². The van der Waals surface area contributed by atoms with Crippen molar-refractivity contribution in [3.8, 4) is 0 Å². The number of aliphatic carboxylic acids is 1.